The molecule has 2 heteroatoms. The van der Waals surface area contributed by atoms with E-state index in [-0.39, 0.29) is 12.2 Å². The quantitative estimate of drug-likeness (QED) is 0.814. The van der Waals surface area contributed by atoms with Crippen molar-refractivity contribution in [2.75, 3.05) is 0 Å². The van der Waals surface area contributed by atoms with E-state index in [1.807, 2.05) is 12.1 Å². The van der Waals surface area contributed by atoms with Crippen LogP contribution in [0.3, 0.4) is 0 Å². The van der Waals surface area contributed by atoms with E-state index in [4.69, 9.17) is 4.74 Å². The minimum absolute atomic E-state index is 0.278. The molecule has 1 aromatic carbocycles. The van der Waals surface area contributed by atoms with E-state index in [1.54, 1.807) is 0 Å². The lowest BCUT2D eigenvalue weighted by atomic mass is 9.88. The monoisotopic (exact) mass is 260 g/mol. The van der Waals surface area contributed by atoms with Crippen molar-refractivity contribution in [3.05, 3.63) is 29.3 Å². The molecule has 0 bridgehead atoms. The summed E-state index contributed by atoms with van der Waals surface area (Å²) in [6, 6.07) is 6.24. The molecule has 1 aliphatic heterocycles. The lowest BCUT2D eigenvalue weighted by Gasteiger charge is -2.22. The zero-order valence-electron chi connectivity index (χ0n) is 11.8. The lowest BCUT2D eigenvalue weighted by Crippen LogP contribution is -2.12. The first-order valence-electron chi connectivity index (χ1n) is 7.71. The average molecular weight is 260 g/mol. The van der Waals surface area contributed by atoms with Crippen molar-refractivity contribution in [1.29, 1.82) is 0 Å². The Hall–Kier alpha value is -1.02. The number of benzene rings is 1. The van der Waals surface area contributed by atoms with E-state index in [1.165, 1.54) is 44.1 Å². The third kappa shape index (κ3) is 2.79. The van der Waals surface area contributed by atoms with Gasteiger partial charge in [-0.1, -0.05) is 31.7 Å². The number of aliphatic hydroxyl groups is 1. The highest BCUT2D eigenvalue weighted by Gasteiger charge is 2.25. The highest BCUT2D eigenvalue weighted by molar-refractivity contribution is 5.41. The van der Waals surface area contributed by atoms with Gasteiger partial charge in [0.15, 0.2) is 0 Å². The number of rotatable bonds is 2. The van der Waals surface area contributed by atoms with E-state index in [0.717, 1.165) is 17.7 Å². The number of aliphatic hydroxyl groups excluding tert-OH is 1. The van der Waals surface area contributed by atoms with Gasteiger partial charge in [0, 0.05) is 6.42 Å². The van der Waals surface area contributed by atoms with Crippen molar-refractivity contribution >= 4 is 0 Å². The number of hydrogen-bond donors (Lipinski definition) is 1. The Morgan fingerprint density at radius 2 is 1.89 bits per heavy atom. The Kier molecular flexibility index (Phi) is 3.79. The molecule has 2 atom stereocenters. The van der Waals surface area contributed by atoms with Gasteiger partial charge >= 0.3 is 0 Å². The molecule has 2 aliphatic rings. The Morgan fingerprint density at radius 3 is 2.63 bits per heavy atom. The fourth-order valence-corrected chi connectivity index (χ4v) is 3.52. The van der Waals surface area contributed by atoms with Crippen molar-refractivity contribution < 1.29 is 9.84 Å². The molecule has 2 unspecified atom stereocenters. The Labute approximate surface area is 115 Å². The fourth-order valence-electron chi connectivity index (χ4n) is 3.52. The number of fused-ring (bicyclic) bond motifs is 1. The maximum Gasteiger partial charge on any atom is 0.123 e. The predicted octanol–water partition coefficient (Wildman–Crippen LogP) is 4.01. The molecule has 0 radical (unpaired) electrons. The van der Waals surface area contributed by atoms with Crippen LogP contribution < -0.4 is 4.74 Å². The molecule has 1 heterocycles. The van der Waals surface area contributed by atoms with E-state index in [2.05, 4.69) is 13.0 Å². The summed E-state index contributed by atoms with van der Waals surface area (Å²) in [7, 11) is 0. The van der Waals surface area contributed by atoms with Crippen LogP contribution in [-0.4, -0.2) is 11.2 Å². The second-order valence-electron chi connectivity index (χ2n) is 6.20. The van der Waals surface area contributed by atoms with Crippen molar-refractivity contribution in [2.45, 2.75) is 64.1 Å². The van der Waals surface area contributed by atoms with Crippen molar-refractivity contribution in [1.82, 2.24) is 0 Å². The maximum absolute atomic E-state index is 10.6. The summed E-state index contributed by atoms with van der Waals surface area (Å²) >= 11 is 0. The van der Waals surface area contributed by atoms with Gasteiger partial charge < -0.3 is 9.84 Å². The topological polar surface area (TPSA) is 29.5 Å². The van der Waals surface area contributed by atoms with E-state index in [0.29, 0.717) is 5.92 Å². The van der Waals surface area contributed by atoms with Crippen molar-refractivity contribution in [3.8, 4) is 5.75 Å². The first kappa shape index (κ1) is 13.0. The summed E-state index contributed by atoms with van der Waals surface area (Å²) in [5, 5.41) is 10.6. The fraction of sp³-hybridized carbons (Fsp3) is 0.647. The van der Waals surface area contributed by atoms with Gasteiger partial charge in [0.2, 0.25) is 0 Å². The zero-order chi connectivity index (χ0) is 13.2. The van der Waals surface area contributed by atoms with Gasteiger partial charge in [-0.2, -0.15) is 0 Å². The third-order valence-electron chi connectivity index (χ3n) is 4.61. The van der Waals surface area contributed by atoms with Crippen LogP contribution in [0.15, 0.2) is 18.2 Å². The summed E-state index contributed by atoms with van der Waals surface area (Å²) in [4.78, 5) is 0. The molecule has 1 aliphatic carbocycles. The largest absolute Gasteiger partial charge is 0.490 e. The first-order valence-corrected chi connectivity index (χ1v) is 7.71. The Bertz CT molecular complexity index is 433. The highest BCUT2D eigenvalue weighted by Crippen LogP contribution is 2.36. The molecule has 1 fully saturated rings. The SMILES string of the molecule is CC1Cc2cc(C(O)C3CCCCCC3)ccc2O1. The Morgan fingerprint density at radius 1 is 1.16 bits per heavy atom. The maximum atomic E-state index is 10.6. The molecule has 0 aromatic heterocycles. The van der Waals surface area contributed by atoms with Gasteiger partial charge in [0.1, 0.15) is 11.9 Å². The molecule has 0 spiro atoms. The van der Waals surface area contributed by atoms with Gasteiger partial charge in [-0.05, 0) is 48.9 Å². The lowest BCUT2D eigenvalue weighted by molar-refractivity contribution is 0.0987. The molecule has 19 heavy (non-hydrogen) atoms. The van der Waals surface area contributed by atoms with Crippen LogP contribution in [0.2, 0.25) is 0 Å². The second kappa shape index (κ2) is 5.54. The standard InChI is InChI=1S/C17H24O2/c1-12-10-15-11-14(8-9-16(15)19-12)17(18)13-6-4-2-3-5-7-13/h8-9,11-13,17-18H,2-7,10H2,1H3. The number of ether oxygens (including phenoxy) is 1. The first-order chi connectivity index (χ1) is 9.24. The van der Waals surface area contributed by atoms with E-state index in [9.17, 15) is 5.11 Å². The molecule has 1 aromatic rings. The van der Waals surface area contributed by atoms with Crippen LogP contribution >= 0.6 is 0 Å². The smallest absolute Gasteiger partial charge is 0.123 e. The summed E-state index contributed by atoms with van der Waals surface area (Å²) in [5.74, 6) is 1.45. The molecular weight excluding hydrogens is 236 g/mol. The molecule has 3 rings (SSSR count). The Balaban J connectivity index is 1.76. The second-order valence-corrected chi connectivity index (χ2v) is 6.20. The van der Waals surface area contributed by atoms with Crippen molar-refractivity contribution in [2.24, 2.45) is 5.92 Å². The van der Waals surface area contributed by atoms with E-state index >= 15 is 0 Å². The minimum atomic E-state index is -0.292. The molecule has 1 saturated carbocycles. The summed E-state index contributed by atoms with van der Waals surface area (Å²) < 4.78 is 5.73. The van der Waals surface area contributed by atoms with E-state index < -0.39 is 0 Å². The summed E-state index contributed by atoms with van der Waals surface area (Å²) in [6.07, 6.45) is 8.51. The van der Waals surface area contributed by atoms with Crippen molar-refractivity contribution in [3.63, 3.8) is 0 Å². The normalized spacial score (nSPS) is 25.5. The zero-order valence-corrected chi connectivity index (χ0v) is 11.8. The summed E-state index contributed by atoms with van der Waals surface area (Å²) in [5.41, 5.74) is 2.35. The average Bonchev–Trinajstić information content (AvgIpc) is 2.63. The summed E-state index contributed by atoms with van der Waals surface area (Å²) in [6.45, 7) is 2.10. The highest BCUT2D eigenvalue weighted by atomic mass is 16.5. The van der Waals surface area contributed by atoms with Gasteiger partial charge in [-0.15, -0.1) is 0 Å². The van der Waals surface area contributed by atoms with Crippen LogP contribution in [0.5, 0.6) is 5.75 Å². The molecule has 0 amide bonds. The van der Waals surface area contributed by atoms with Crippen LogP contribution in [0.25, 0.3) is 0 Å². The molecule has 1 N–H and O–H groups in total. The van der Waals surface area contributed by atoms with Crippen LogP contribution in [0, 0.1) is 5.92 Å². The molecule has 0 saturated heterocycles. The predicted molar refractivity (Wildman–Crippen MR) is 76.4 cm³/mol. The third-order valence-corrected chi connectivity index (χ3v) is 4.61. The van der Waals surface area contributed by atoms with Crippen LogP contribution in [0.1, 0.15) is 62.7 Å². The minimum Gasteiger partial charge on any atom is -0.490 e. The van der Waals surface area contributed by atoms with Gasteiger partial charge in [-0.25, -0.2) is 0 Å². The van der Waals surface area contributed by atoms with Crippen LogP contribution in [0.4, 0.5) is 0 Å². The van der Waals surface area contributed by atoms with Gasteiger partial charge in [0.05, 0.1) is 6.10 Å². The molecule has 2 nitrogen and oxygen atoms in total. The van der Waals surface area contributed by atoms with Gasteiger partial charge in [-0.3, -0.25) is 0 Å². The number of hydrogen-bond acceptors (Lipinski definition) is 2. The molecular formula is C17H24O2. The van der Waals surface area contributed by atoms with Crippen LogP contribution in [-0.2, 0) is 6.42 Å². The molecule has 104 valence electrons. The van der Waals surface area contributed by atoms with Gasteiger partial charge in [0.25, 0.3) is 0 Å².